The molecule has 3 nitrogen and oxygen atoms in total. The molecule has 0 aromatic heterocycles. The second-order valence-corrected chi connectivity index (χ2v) is 4.76. The molecule has 0 amide bonds. The molecule has 0 fully saturated rings. The van der Waals surface area contributed by atoms with Gasteiger partial charge in [-0.25, -0.2) is 4.39 Å². The summed E-state index contributed by atoms with van der Waals surface area (Å²) < 4.78 is 19.3. The van der Waals surface area contributed by atoms with Crippen LogP contribution in [0.25, 0.3) is 0 Å². The Morgan fingerprint density at radius 1 is 1.05 bits per heavy atom. The maximum Gasteiger partial charge on any atom is 0.488 e. The Hall–Kier alpha value is -1.85. The third kappa shape index (κ3) is 3.38. The summed E-state index contributed by atoms with van der Waals surface area (Å²) in [5.41, 5.74) is 2.77. The molecule has 0 heterocycles. The Morgan fingerprint density at radius 2 is 1.80 bits per heavy atom. The highest BCUT2D eigenvalue weighted by Gasteiger charge is 2.13. The minimum absolute atomic E-state index is 0.0934. The number of aryl methyl sites for hydroxylation is 2. The lowest BCUT2D eigenvalue weighted by molar-refractivity contribution is 0.299. The van der Waals surface area contributed by atoms with Crippen LogP contribution >= 0.6 is 0 Å². The molecule has 0 saturated carbocycles. The molecule has 2 aromatic carbocycles. The molecule has 5 heteroatoms. The molecule has 0 spiro atoms. The zero-order valence-electron chi connectivity index (χ0n) is 11.4. The summed E-state index contributed by atoms with van der Waals surface area (Å²) in [4.78, 5) is 0. The quantitative estimate of drug-likeness (QED) is 0.834. The second-order valence-electron chi connectivity index (χ2n) is 4.76. The van der Waals surface area contributed by atoms with Crippen molar-refractivity contribution in [1.82, 2.24) is 0 Å². The maximum absolute atomic E-state index is 13.8. The first-order chi connectivity index (χ1) is 9.47. The fourth-order valence-electron chi connectivity index (χ4n) is 1.81. The topological polar surface area (TPSA) is 49.7 Å². The van der Waals surface area contributed by atoms with Crippen LogP contribution in [-0.2, 0) is 6.61 Å². The molecule has 104 valence electrons. The van der Waals surface area contributed by atoms with Gasteiger partial charge in [-0.05, 0) is 48.6 Å². The zero-order valence-corrected chi connectivity index (χ0v) is 11.4. The fraction of sp³-hybridized carbons (Fsp3) is 0.200. The van der Waals surface area contributed by atoms with Gasteiger partial charge in [-0.2, -0.15) is 0 Å². The number of hydrogen-bond donors (Lipinski definition) is 2. The number of benzene rings is 2. The van der Waals surface area contributed by atoms with E-state index < -0.39 is 12.9 Å². The average molecular weight is 274 g/mol. The van der Waals surface area contributed by atoms with E-state index in [1.165, 1.54) is 17.7 Å². The van der Waals surface area contributed by atoms with Crippen molar-refractivity contribution in [3.8, 4) is 5.75 Å². The van der Waals surface area contributed by atoms with Crippen molar-refractivity contribution >= 4 is 12.6 Å². The number of rotatable bonds is 4. The fourth-order valence-corrected chi connectivity index (χ4v) is 1.81. The molecule has 0 atom stereocenters. The van der Waals surface area contributed by atoms with Gasteiger partial charge in [-0.1, -0.05) is 18.2 Å². The van der Waals surface area contributed by atoms with Gasteiger partial charge in [0.05, 0.1) is 0 Å². The monoisotopic (exact) mass is 274 g/mol. The van der Waals surface area contributed by atoms with Crippen molar-refractivity contribution < 1.29 is 19.2 Å². The van der Waals surface area contributed by atoms with Crippen molar-refractivity contribution in [2.24, 2.45) is 0 Å². The molecule has 0 saturated heterocycles. The van der Waals surface area contributed by atoms with Gasteiger partial charge >= 0.3 is 7.12 Å². The molecular formula is C15H16BFO3. The van der Waals surface area contributed by atoms with Crippen LogP contribution in [0.5, 0.6) is 5.75 Å². The first kappa shape index (κ1) is 14.6. The van der Waals surface area contributed by atoms with Gasteiger partial charge in [-0.3, -0.25) is 0 Å². The first-order valence-electron chi connectivity index (χ1n) is 6.32. The molecule has 0 radical (unpaired) electrons. The van der Waals surface area contributed by atoms with E-state index in [2.05, 4.69) is 0 Å². The minimum atomic E-state index is -1.67. The Balaban J connectivity index is 2.09. The molecule has 2 rings (SSSR count). The van der Waals surface area contributed by atoms with Crippen molar-refractivity contribution in [2.45, 2.75) is 20.5 Å². The largest absolute Gasteiger partial charge is 0.489 e. The smallest absolute Gasteiger partial charge is 0.488 e. The van der Waals surface area contributed by atoms with E-state index >= 15 is 0 Å². The average Bonchev–Trinajstić information content (AvgIpc) is 2.41. The zero-order chi connectivity index (χ0) is 14.7. The van der Waals surface area contributed by atoms with E-state index in [-0.39, 0.29) is 12.1 Å². The molecule has 2 N–H and O–H groups in total. The highest BCUT2D eigenvalue weighted by molar-refractivity contribution is 6.58. The van der Waals surface area contributed by atoms with Crippen LogP contribution in [0, 0.1) is 19.7 Å². The third-order valence-corrected chi connectivity index (χ3v) is 3.25. The maximum atomic E-state index is 13.8. The lowest BCUT2D eigenvalue weighted by Gasteiger charge is -2.10. The van der Waals surface area contributed by atoms with Crippen LogP contribution in [0.4, 0.5) is 4.39 Å². The summed E-state index contributed by atoms with van der Waals surface area (Å²) in [6.45, 7) is 4.09. The lowest BCUT2D eigenvalue weighted by Crippen LogP contribution is -2.30. The third-order valence-electron chi connectivity index (χ3n) is 3.25. The normalized spacial score (nSPS) is 10.4. The van der Waals surface area contributed by atoms with E-state index in [0.29, 0.717) is 11.3 Å². The molecular weight excluding hydrogens is 258 g/mol. The summed E-state index contributed by atoms with van der Waals surface area (Å²) in [5.74, 6) is 0.165. The van der Waals surface area contributed by atoms with Crippen LogP contribution < -0.4 is 10.2 Å². The molecule has 2 aromatic rings. The van der Waals surface area contributed by atoms with Crippen LogP contribution in [0.2, 0.25) is 0 Å². The van der Waals surface area contributed by atoms with E-state index in [1.807, 2.05) is 32.0 Å². The Bertz CT molecular complexity index is 614. The van der Waals surface area contributed by atoms with Gasteiger partial charge in [0.1, 0.15) is 18.2 Å². The standard InChI is InChI=1S/C15H16BFO3/c1-10-3-6-14(7-11(10)2)20-9-12-4-5-13(16(18)19)8-15(12)17/h3-8,18-19H,9H2,1-2H3. The summed E-state index contributed by atoms with van der Waals surface area (Å²) >= 11 is 0. The first-order valence-corrected chi connectivity index (χ1v) is 6.32. The SMILES string of the molecule is Cc1ccc(OCc2ccc(B(O)O)cc2F)cc1C. The van der Waals surface area contributed by atoms with E-state index in [4.69, 9.17) is 14.8 Å². The predicted octanol–water partition coefficient (Wildman–Crippen LogP) is 1.70. The van der Waals surface area contributed by atoms with Gasteiger partial charge in [-0.15, -0.1) is 0 Å². The lowest BCUT2D eigenvalue weighted by atomic mass is 9.80. The van der Waals surface area contributed by atoms with Gasteiger partial charge in [0.25, 0.3) is 0 Å². The minimum Gasteiger partial charge on any atom is -0.489 e. The number of hydrogen-bond acceptors (Lipinski definition) is 3. The molecule has 0 aliphatic carbocycles. The number of ether oxygens (including phenoxy) is 1. The van der Waals surface area contributed by atoms with Gasteiger partial charge < -0.3 is 14.8 Å². The van der Waals surface area contributed by atoms with Crippen molar-refractivity contribution in [2.75, 3.05) is 0 Å². The van der Waals surface area contributed by atoms with Gasteiger partial charge in [0.15, 0.2) is 0 Å². The molecule has 0 unspecified atom stereocenters. The van der Waals surface area contributed by atoms with E-state index in [1.54, 1.807) is 0 Å². The highest BCUT2D eigenvalue weighted by atomic mass is 19.1. The summed E-state index contributed by atoms with van der Waals surface area (Å²) in [6.07, 6.45) is 0. The Labute approximate surface area is 117 Å². The van der Waals surface area contributed by atoms with Crippen LogP contribution in [0.3, 0.4) is 0 Å². The van der Waals surface area contributed by atoms with Gasteiger partial charge in [0.2, 0.25) is 0 Å². The van der Waals surface area contributed by atoms with Crippen molar-refractivity contribution in [1.29, 1.82) is 0 Å². The van der Waals surface area contributed by atoms with Gasteiger partial charge in [0, 0.05) is 5.56 Å². The Morgan fingerprint density at radius 3 is 2.40 bits per heavy atom. The summed E-state index contributed by atoms with van der Waals surface area (Å²) in [6, 6.07) is 9.75. The summed E-state index contributed by atoms with van der Waals surface area (Å²) in [7, 11) is -1.67. The van der Waals surface area contributed by atoms with Crippen molar-refractivity contribution in [3.63, 3.8) is 0 Å². The molecule has 0 aliphatic heterocycles. The van der Waals surface area contributed by atoms with Crippen LogP contribution in [-0.4, -0.2) is 17.2 Å². The molecule has 20 heavy (non-hydrogen) atoms. The number of halogens is 1. The molecule has 0 aliphatic rings. The Kier molecular flexibility index (Phi) is 4.42. The van der Waals surface area contributed by atoms with E-state index in [0.717, 1.165) is 11.6 Å². The summed E-state index contributed by atoms with van der Waals surface area (Å²) in [5, 5.41) is 17.9. The van der Waals surface area contributed by atoms with E-state index in [9.17, 15) is 4.39 Å². The van der Waals surface area contributed by atoms with Crippen LogP contribution in [0.15, 0.2) is 36.4 Å². The molecule has 0 bridgehead atoms. The van der Waals surface area contributed by atoms with Crippen molar-refractivity contribution in [3.05, 3.63) is 58.9 Å². The predicted molar refractivity (Wildman–Crippen MR) is 76.5 cm³/mol. The second kappa shape index (κ2) is 6.07. The highest BCUT2D eigenvalue weighted by Crippen LogP contribution is 2.18. The van der Waals surface area contributed by atoms with Crippen LogP contribution in [0.1, 0.15) is 16.7 Å².